The summed E-state index contributed by atoms with van der Waals surface area (Å²) in [6.45, 7) is 0. The lowest BCUT2D eigenvalue weighted by atomic mass is 10.1. The van der Waals surface area contributed by atoms with Crippen LogP contribution in [0.1, 0.15) is 22.3 Å². The molecule has 25 heteroatoms. The molecule has 8 aromatic rings. The van der Waals surface area contributed by atoms with Crippen LogP contribution in [0.3, 0.4) is 0 Å². The average molecular weight is 909 g/mol. The first-order valence-corrected chi connectivity index (χ1v) is 17.5. The van der Waals surface area contributed by atoms with Crippen molar-refractivity contribution in [2.24, 2.45) is 0 Å². The summed E-state index contributed by atoms with van der Waals surface area (Å²) in [6, 6.07) is 14.0. The van der Waals surface area contributed by atoms with Gasteiger partial charge in [-0.2, -0.15) is 62.9 Å². The molecule has 12 nitrogen and oxygen atoms in total. The molecule has 0 unspecified atom stereocenters. The van der Waals surface area contributed by atoms with Crippen molar-refractivity contribution in [2.45, 2.75) is 24.7 Å². The third-order valence-corrected chi connectivity index (χ3v) is 8.44. The van der Waals surface area contributed by atoms with E-state index in [2.05, 4.69) is 55.6 Å². The van der Waals surface area contributed by atoms with Crippen LogP contribution < -0.4 is 11.1 Å². The highest BCUT2D eigenvalue weighted by molar-refractivity contribution is 6.35. The highest BCUT2D eigenvalue weighted by atomic mass is 35.5. The highest BCUT2D eigenvalue weighted by Gasteiger charge is 2.36. The number of nitrogens with zero attached hydrogens (tertiary/aromatic N) is 10. The quantitative estimate of drug-likeness (QED) is 0.161. The summed E-state index contributed by atoms with van der Waals surface area (Å²) in [5.74, 6) is 0.188. The monoisotopic (exact) mass is 908 g/mol. The molecular weight excluding hydrogens is 888 g/mol. The summed E-state index contributed by atoms with van der Waals surface area (Å²) in [4.78, 5) is 22.8. The van der Waals surface area contributed by atoms with E-state index < -0.39 is 47.0 Å². The van der Waals surface area contributed by atoms with Crippen molar-refractivity contribution in [3.8, 4) is 22.8 Å². The third kappa shape index (κ3) is 11.1. The van der Waals surface area contributed by atoms with Gasteiger partial charge in [0.1, 0.15) is 23.0 Å². The number of anilines is 3. The van der Waals surface area contributed by atoms with Crippen LogP contribution in [0.25, 0.3) is 44.8 Å². The molecule has 0 saturated heterocycles. The van der Waals surface area contributed by atoms with Crippen LogP contribution >= 0.6 is 11.6 Å². The van der Waals surface area contributed by atoms with Gasteiger partial charge < -0.3 is 11.1 Å². The second kappa shape index (κ2) is 17.9. The summed E-state index contributed by atoms with van der Waals surface area (Å²) in [5, 5.41) is 19.0. The zero-order valence-electron chi connectivity index (χ0n) is 30.9. The molecule has 8 aromatic heterocycles. The Balaban J connectivity index is 0.000000177. The van der Waals surface area contributed by atoms with Crippen molar-refractivity contribution in [1.29, 1.82) is 0 Å². The van der Waals surface area contributed by atoms with Gasteiger partial charge >= 0.3 is 24.7 Å². The first-order chi connectivity index (χ1) is 29.6. The number of halogens is 13. The zero-order chi connectivity index (χ0) is 45.7. The van der Waals surface area contributed by atoms with Crippen LogP contribution in [0.4, 0.5) is 70.0 Å². The summed E-state index contributed by atoms with van der Waals surface area (Å²) in [7, 11) is 0. The third-order valence-electron chi connectivity index (χ3n) is 8.14. The van der Waals surface area contributed by atoms with Crippen LogP contribution in [0.2, 0.25) is 5.02 Å². The number of rotatable bonds is 4. The SMILES string of the molecule is FC(F)(F)c1ccc(Nc2cnnc3nc(-c4ncccc4C(F)(F)F)ccc23)nc1.FC(F)(F)c1cccnc1-c1ccc2c(Cl)cnnc2n1.Nc1ccc(C(F)(F)F)cn1. The first kappa shape index (κ1) is 45.2. The van der Waals surface area contributed by atoms with E-state index in [1.165, 1.54) is 55.1 Å². The number of hydrogen-bond acceptors (Lipinski definition) is 12. The summed E-state index contributed by atoms with van der Waals surface area (Å²) in [6.07, 6.45) is -11.5. The molecule has 0 aliphatic heterocycles. The maximum Gasteiger partial charge on any atom is 0.418 e. The Morgan fingerprint density at radius 1 is 0.492 bits per heavy atom. The van der Waals surface area contributed by atoms with Gasteiger partial charge in [0.2, 0.25) is 0 Å². The van der Waals surface area contributed by atoms with Gasteiger partial charge in [0, 0.05) is 35.6 Å². The molecule has 3 N–H and O–H groups in total. The van der Waals surface area contributed by atoms with Crippen LogP contribution in [0, 0.1) is 0 Å². The Morgan fingerprint density at radius 3 is 1.46 bits per heavy atom. The molecule has 0 amide bonds. The normalized spacial score (nSPS) is 12.0. The van der Waals surface area contributed by atoms with Crippen molar-refractivity contribution < 1.29 is 52.7 Å². The van der Waals surface area contributed by atoms with Crippen molar-refractivity contribution in [3.63, 3.8) is 0 Å². The minimum absolute atomic E-state index is 0.0215. The number of nitrogen functional groups attached to an aromatic ring is 1. The Bertz CT molecular complexity index is 2860. The molecule has 0 aliphatic rings. The van der Waals surface area contributed by atoms with E-state index in [-0.39, 0.29) is 45.7 Å². The lowest BCUT2D eigenvalue weighted by Gasteiger charge is -2.12. The topological polar surface area (TPSA) is 167 Å². The fourth-order valence-corrected chi connectivity index (χ4v) is 5.44. The van der Waals surface area contributed by atoms with Crippen LogP contribution in [-0.2, 0) is 24.7 Å². The summed E-state index contributed by atoms with van der Waals surface area (Å²) >= 11 is 5.92. The Kier molecular flexibility index (Phi) is 12.8. The minimum atomic E-state index is -4.62. The minimum Gasteiger partial charge on any atom is -0.384 e. The molecule has 0 aliphatic carbocycles. The predicted molar refractivity (Wildman–Crippen MR) is 202 cm³/mol. The first-order valence-electron chi connectivity index (χ1n) is 17.1. The lowest BCUT2D eigenvalue weighted by molar-refractivity contribution is -0.138. The van der Waals surface area contributed by atoms with Gasteiger partial charge in [0.05, 0.1) is 56.7 Å². The van der Waals surface area contributed by atoms with Gasteiger partial charge in [0.15, 0.2) is 11.3 Å². The maximum absolute atomic E-state index is 13.3. The molecule has 0 atom stereocenters. The van der Waals surface area contributed by atoms with Gasteiger partial charge in [-0.15, -0.1) is 10.2 Å². The summed E-state index contributed by atoms with van der Waals surface area (Å²) in [5.41, 5.74) is 1.49. The van der Waals surface area contributed by atoms with Crippen molar-refractivity contribution >= 4 is 51.0 Å². The molecular formula is C38H21ClF12N12. The smallest absolute Gasteiger partial charge is 0.384 e. The molecule has 324 valence electrons. The van der Waals surface area contributed by atoms with E-state index in [1.807, 2.05) is 0 Å². The number of aromatic nitrogens is 10. The van der Waals surface area contributed by atoms with Crippen LogP contribution in [0.5, 0.6) is 0 Å². The molecule has 63 heavy (non-hydrogen) atoms. The van der Waals surface area contributed by atoms with Gasteiger partial charge in [0.25, 0.3) is 0 Å². The van der Waals surface area contributed by atoms with Gasteiger partial charge in [-0.1, -0.05) is 11.6 Å². The van der Waals surface area contributed by atoms with E-state index in [1.54, 1.807) is 6.07 Å². The molecule has 0 aromatic carbocycles. The molecule has 0 fully saturated rings. The molecule has 0 spiro atoms. The van der Waals surface area contributed by atoms with Crippen molar-refractivity contribution in [1.82, 2.24) is 50.3 Å². The van der Waals surface area contributed by atoms with E-state index in [9.17, 15) is 52.7 Å². The number of pyridine rings is 6. The van der Waals surface area contributed by atoms with Gasteiger partial charge in [-0.3, -0.25) is 9.97 Å². The Morgan fingerprint density at radius 2 is 0.984 bits per heavy atom. The lowest BCUT2D eigenvalue weighted by Crippen LogP contribution is -2.09. The van der Waals surface area contributed by atoms with Gasteiger partial charge in [-0.05, 0) is 72.8 Å². The predicted octanol–water partition coefficient (Wildman–Crippen LogP) is 10.7. The molecule has 0 saturated carbocycles. The Labute approximate surface area is 349 Å². The van der Waals surface area contributed by atoms with Crippen LogP contribution in [-0.4, -0.2) is 50.3 Å². The van der Waals surface area contributed by atoms with Crippen molar-refractivity contribution in [3.05, 3.63) is 137 Å². The second-order valence-electron chi connectivity index (χ2n) is 12.4. The van der Waals surface area contributed by atoms with E-state index in [4.69, 9.17) is 17.3 Å². The number of hydrogen-bond donors (Lipinski definition) is 2. The number of fused-ring (bicyclic) bond motifs is 2. The standard InChI is InChI=1S/C19H10F6N6.C13H6ClF3N4.C6H5F3N2/c20-18(21,22)10-3-6-15(27-8-10)29-14-9-28-31-17-11(14)4-5-13(30-17)16-12(19(23,24)25)2-1-7-26-16;14-9-6-19-21-12-7(9)3-4-10(20-12)11-8(13(15,16)17)2-1-5-18-11;7-6(8,9)4-1-2-5(10)11-3-4/h1-9H,(H,27,29,30,31);1-6H;1-3H,(H2,10,11). The molecule has 8 rings (SSSR count). The number of alkyl halides is 12. The highest BCUT2D eigenvalue weighted by Crippen LogP contribution is 2.38. The number of nitrogens with two attached hydrogens (primary N) is 1. The average Bonchev–Trinajstić information content (AvgIpc) is 3.23. The molecule has 0 bridgehead atoms. The summed E-state index contributed by atoms with van der Waals surface area (Å²) < 4.78 is 152. The van der Waals surface area contributed by atoms with E-state index in [0.29, 0.717) is 33.9 Å². The van der Waals surface area contributed by atoms with Gasteiger partial charge in [-0.25, -0.2) is 19.9 Å². The fraction of sp³-hybridized carbons (Fsp3) is 0.105. The zero-order valence-corrected chi connectivity index (χ0v) is 31.6. The molecule has 8 heterocycles. The van der Waals surface area contributed by atoms with E-state index >= 15 is 0 Å². The largest absolute Gasteiger partial charge is 0.418 e. The molecule has 0 radical (unpaired) electrons. The maximum atomic E-state index is 13.3. The number of nitrogens with one attached hydrogen (secondary N) is 1. The Hall–Kier alpha value is -7.37. The fourth-order valence-electron chi connectivity index (χ4n) is 5.25. The second-order valence-corrected chi connectivity index (χ2v) is 12.8. The van der Waals surface area contributed by atoms with E-state index in [0.717, 1.165) is 36.4 Å². The van der Waals surface area contributed by atoms with Crippen LogP contribution in [0.15, 0.2) is 110 Å². The van der Waals surface area contributed by atoms with Crippen molar-refractivity contribution in [2.75, 3.05) is 11.1 Å².